The minimum atomic E-state index is -0.530. The molecule has 0 aliphatic carbocycles. The van der Waals surface area contributed by atoms with Crippen molar-refractivity contribution in [3.63, 3.8) is 0 Å². The summed E-state index contributed by atoms with van der Waals surface area (Å²) < 4.78 is 28.0. The molecule has 0 saturated carbocycles. The van der Waals surface area contributed by atoms with Gasteiger partial charge in [-0.2, -0.15) is 0 Å². The van der Waals surface area contributed by atoms with E-state index in [1.54, 1.807) is 24.3 Å². The normalized spacial score (nSPS) is 17.3. The van der Waals surface area contributed by atoms with Gasteiger partial charge in [0.1, 0.15) is 11.6 Å². The zero-order valence-electron chi connectivity index (χ0n) is 14.8. The molecule has 140 valence electrons. The van der Waals surface area contributed by atoms with Crippen LogP contribution in [0.1, 0.15) is 10.4 Å². The number of benzene rings is 2. The molecule has 2 aliphatic rings. The summed E-state index contributed by atoms with van der Waals surface area (Å²) in [6.45, 7) is 3.44. The lowest BCUT2D eigenvalue weighted by Gasteiger charge is -2.38. The first-order chi connectivity index (χ1) is 13.1. The average Bonchev–Trinajstić information content (AvgIpc) is 3.18. The van der Waals surface area contributed by atoms with Crippen molar-refractivity contribution in [2.75, 3.05) is 44.2 Å². The lowest BCUT2D eigenvalue weighted by Crippen LogP contribution is -2.53. The Morgan fingerprint density at radius 3 is 2.15 bits per heavy atom. The van der Waals surface area contributed by atoms with E-state index in [0.717, 1.165) is 0 Å². The smallest absolute Gasteiger partial charge is 0.263 e. The van der Waals surface area contributed by atoms with Crippen LogP contribution in [0, 0.1) is 11.6 Å². The van der Waals surface area contributed by atoms with Crippen molar-refractivity contribution >= 4 is 17.6 Å². The molecule has 0 aromatic heterocycles. The monoisotopic (exact) mass is 370 g/mol. The third-order valence-electron chi connectivity index (χ3n) is 4.92. The van der Waals surface area contributed by atoms with Gasteiger partial charge in [0.25, 0.3) is 5.91 Å². The highest BCUT2D eigenvalue weighted by atomic mass is 19.1. The average molecular weight is 370 g/mol. The number of amides is 1. The van der Waals surface area contributed by atoms with Crippen molar-refractivity contribution in [2.24, 2.45) is 4.99 Å². The number of hydrogen-bond donors (Lipinski definition) is 0. The summed E-state index contributed by atoms with van der Waals surface area (Å²) in [7, 11) is 0. The first kappa shape index (κ1) is 17.5. The van der Waals surface area contributed by atoms with Crippen LogP contribution in [0.25, 0.3) is 0 Å². The summed E-state index contributed by atoms with van der Waals surface area (Å²) in [5.74, 6) is -0.559. The van der Waals surface area contributed by atoms with Crippen LogP contribution in [-0.4, -0.2) is 60.9 Å². The number of guanidine groups is 1. The van der Waals surface area contributed by atoms with Gasteiger partial charge >= 0.3 is 0 Å². The molecule has 2 aromatic rings. The molecule has 0 spiro atoms. The molecule has 0 atom stereocenters. The third-order valence-corrected chi connectivity index (χ3v) is 4.92. The first-order valence-electron chi connectivity index (χ1n) is 9.00. The fourth-order valence-electron chi connectivity index (χ4n) is 3.53. The van der Waals surface area contributed by atoms with Gasteiger partial charge in [-0.25, -0.2) is 8.78 Å². The molecule has 2 aliphatic heterocycles. The molecule has 1 amide bonds. The van der Waals surface area contributed by atoms with Crippen molar-refractivity contribution in [3.8, 4) is 0 Å². The minimum Gasteiger partial charge on any atom is -0.366 e. The molecule has 0 bridgehead atoms. The Balaban J connectivity index is 1.46. The molecule has 0 unspecified atom stereocenters. The molecule has 2 heterocycles. The molecule has 2 aromatic carbocycles. The summed E-state index contributed by atoms with van der Waals surface area (Å²) in [5.41, 5.74) is 0.641. The van der Waals surface area contributed by atoms with E-state index in [-0.39, 0.29) is 17.3 Å². The van der Waals surface area contributed by atoms with Gasteiger partial charge in [-0.3, -0.25) is 14.7 Å². The zero-order chi connectivity index (χ0) is 18.8. The second-order valence-corrected chi connectivity index (χ2v) is 6.54. The van der Waals surface area contributed by atoms with Crippen molar-refractivity contribution in [3.05, 3.63) is 65.7 Å². The number of carbonyl (C=O) groups excluding carboxylic acids is 1. The summed E-state index contributed by atoms with van der Waals surface area (Å²) >= 11 is 0. The van der Waals surface area contributed by atoms with E-state index in [4.69, 9.17) is 0 Å². The lowest BCUT2D eigenvalue weighted by molar-refractivity contribution is 0.0838. The Bertz CT molecular complexity index is 878. The highest BCUT2D eigenvalue weighted by molar-refractivity contribution is 6.06. The number of nitrogens with zero attached hydrogens (tertiary/aromatic N) is 4. The highest BCUT2D eigenvalue weighted by Crippen LogP contribution is 2.22. The minimum absolute atomic E-state index is 0.0529. The molecule has 4 rings (SSSR count). The predicted molar refractivity (Wildman–Crippen MR) is 99.9 cm³/mol. The largest absolute Gasteiger partial charge is 0.366 e. The van der Waals surface area contributed by atoms with Gasteiger partial charge in [-0.05, 0) is 24.3 Å². The fourth-order valence-corrected chi connectivity index (χ4v) is 3.53. The van der Waals surface area contributed by atoms with Gasteiger partial charge in [0.05, 0.1) is 17.8 Å². The van der Waals surface area contributed by atoms with Crippen molar-refractivity contribution in [1.82, 2.24) is 9.80 Å². The van der Waals surface area contributed by atoms with E-state index in [1.165, 1.54) is 23.1 Å². The Hall–Kier alpha value is -2.96. The van der Waals surface area contributed by atoms with Crippen molar-refractivity contribution in [2.45, 2.75) is 0 Å². The number of para-hydroxylation sites is 1. The summed E-state index contributed by atoms with van der Waals surface area (Å²) in [6.07, 6.45) is 0. The highest BCUT2D eigenvalue weighted by Gasteiger charge is 2.32. The van der Waals surface area contributed by atoms with Gasteiger partial charge in [0.15, 0.2) is 0 Å². The van der Waals surface area contributed by atoms with E-state index >= 15 is 0 Å². The summed E-state index contributed by atoms with van der Waals surface area (Å²) in [4.78, 5) is 22.8. The van der Waals surface area contributed by atoms with Crippen LogP contribution in [-0.2, 0) is 0 Å². The van der Waals surface area contributed by atoms with E-state index in [1.807, 2.05) is 15.9 Å². The zero-order valence-corrected chi connectivity index (χ0v) is 14.8. The molecule has 27 heavy (non-hydrogen) atoms. The number of piperazine rings is 1. The van der Waals surface area contributed by atoms with E-state index in [9.17, 15) is 13.6 Å². The fraction of sp³-hybridized carbons (Fsp3) is 0.300. The predicted octanol–water partition coefficient (Wildman–Crippen LogP) is 2.60. The number of rotatable bonds is 2. The topological polar surface area (TPSA) is 39.2 Å². The second-order valence-electron chi connectivity index (χ2n) is 6.54. The molecule has 1 fully saturated rings. The number of hydrogen-bond acceptors (Lipinski definition) is 4. The Kier molecular flexibility index (Phi) is 4.75. The van der Waals surface area contributed by atoms with Crippen molar-refractivity contribution in [1.29, 1.82) is 0 Å². The van der Waals surface area contributed by atoms with Crippen LogP contribution >= 0.6 is 0 Å². The Morgan fingerprint density at radius 1 is 0.815 bits per heavy atom. The van der Waals surface area contributed by atoms with Crippen LogP contribution in [0.2, 0.25) is 0 Å². The van der Waals surface area contributed by atoms with Crippen LogP contribution in [0.15, 0.2) is 53.5 Å². The van der Waals surface area contributed by atoms with E-state index in [0.29, 0.717) is 50.9 Å². The number of anilines is 1. The van der Waals surface area contributed by atoms with Crippen LogP contribution in [0.3, 0.4) is 0 Å². The Labute approximate surface area is 156 Å². The number of halogens is 2. The molecular formula is C20H20F2N4O. The van der Waals surface area contributed by atoms with Gasteiger partial charge < -0.3 is 9.80 Å². The standard InChI is InChI=1S/C20H20F2N4O/c21-16-6-2-1-5-15(16)19(27)26-10-9-23-20(26)25-13-11-24(12-14-25)18-8-4-3-7-17(18)22/h1-8H,9-14H2. The molecule has 1 saturated heterocycles. The maximum Gasteiger partial charge on any atom is 0.263 e. The summed E-state index contributed by atoms with van der Waals surface area (Å²) in [6, 6.07) is 12.7. The third kappa shape index (κ3) is 3.37. The summed E-state index contributed by atoms with van der Waals surface area (Å²) in [5, 5.41) is 0. The van der Waals surface area contributed by atoms with E-state index in [2.05, 4.69) is 4.99 Å². The lowest BCUT2D eigenvalue weighted by atomic mass is 10.2. The SMILES string of the molecule is O=C(c1ccccc1F)N1CCN=C1N1CCN(c2ccccc2F)CC1. The Morgan fingerprint density at radius 2 is 1.44 bits per heavy atom. The second kappa shape index (κ2) is 7.34. The molecule has 0 N–H and O–H groups in total. The quantitative estimate of drug-likeness (QED) is 0.816. The van der Waals surface area contributed by atoms with Crippen LogP contribution in [0.5, 0.6) is 0 Å². The van der Waals surface area contributed by atoms with Crippen LogP contribution in [0.4, 0.5) is 14.5 Å². The molecule has 7 heteroatoms. The van der Waals surface area contributed by atoms with Gasteiger partial charge in [0, 0.05) is 32.7 Å². The van der Waals surface area contributed by atoms with E-state index < -0.39 is 5.82 Å². The molecular weight excluding hydrogens is 350 g/mol. The van der Waals surface area contributed by atoms with Gasteiger partial charge in [-0.1, -0.05) is 24.3 Å². The maximum atomic E-state index is 14.0. The molecule has 0 radical (unpaired) electrons. The van der Waals surface area contributed by atoms with Gasteiger partial charge in [0.2, 0.25) is 5.96 Å². The first-order valence-corrected chi connectivity index (χ1v) is 9.00. The number of carbonyl (C=O) groups is 1. The van der Waals surface area contributed by atoms with Crippen molar-refractivity contribution < 1.29 is 13.6 Å². The number of aliphatic imine (C=N–C) groups is 1. The maximum absolute atomic E-state index is 14.0. The van der Waals surface area contributed by atoms with Gasteiger partial charge in [-0.15, -0.1) is 0 Å². The molecule has 5 nitrogen and oxygen atoms in total. The van der Waals surface area contributed by atoms with Crippen LogP contribution < -0.4 is 4.90 Å².